The van der Waals surface area contributed by atoms with Crippen molar-refractivity contribution in [3.63, 3.8) is 0 Å². The van der Waals surface area contributed by atoms with Crippen LogP contribution in [0.15, 0.2) is 0 Å². The molecule has 4 atom stereocenters. The molecular weight excluding hydrogens is 159 g/mol. The Morgan fingerprint density at radius 2 is 2.08 bits per heavy atom. The van der Waals surface area contributed by atoms with Crippen molar-refractivity contribution < 1.29 is 20.1 Å². The number of ether oxygens (including phenoxy) is 1. The van der Waals surface area contributed by atoms with Gasteiger partial charge in [0.25, 0.3) is 0 Å². The van der Waals surface area contributed by atoms with Gasteiger partial charge in [0.05, 0.1) is 25.4 Å². The SMILES string of the molecule is [B][C@H]1OC(CO)[C@@](C)(CO)[C@@H]1O. The summed E-state index contributed by atoms with van der Waals surface area (Å²) in [6.07, 6.45) is -1.52. The summed E-state index contributed by atoms with van der Waals surface area (Å²) in [7, 11) is 5.40. The van der Waals surface area contributed by atoms with Gasteiger partial charge in [0, 0.05) is 11.4 Å². The fraction of sp³-hybridized carbons (Fsp3) is 1.00. The second-order valence-corrected chi connectivity index (χ2v) is 3.38. The lowest BCUT2D eigenvalue weighted by molar-refractivity contribution is -0.0300. The van der Waals surface area contributed by atoms with Crippen LogP contribution in [0.4, 0.5) is 0 Å². The van der Waals surface area contributed by atoms with Gasteiger partial charge < -0.3 is 20.1 Å². The van der Waals surface area contributed by atoms with Gasteiger partial charge in [-0.15, -0.1) is 0 Å². The van der Waals surface area contributed by atoms with Crippen molar-refractivity contribution in [1.29, 1.82) is 0 Å². The van der Waals surface area contributed by atoms with Gasteiger partial charge in [-0.05, 0) is 0 Å². The zero-order valence-electron chi connectivity index (χ0n) is 6.97. The summed E-state index contributed by atoms with van der Waals surface area (Å²) >= 11 is 0. The van der Waals surface area contributed by atoms with Crippen LogP contribution in [-0.2, 0) is 4.74 Å². The maximum atomic E-state index is 9.50. The molecule has 0 aromatic rings. The molecule has 1 aliphatic heterocycles. The quantitative estimate of drug-likeness (QED) is 0.431. The van der Waals surface area contributed by atoms with Crippen LogP contribution in [0.1, 0.15) is 6.92 Å². The van der Waals surface area contributed by atoms with Crippen LogP contribution in [0.2, 0.25) is 0 Å². The van der Waals surface area contributed by atoms with Crippen molar-refractivity contribution in [3.8, 4) is 0 Å². The Morgan fingerprint density at radius 3 is 2.42 bits per heavy atom. The van der Waals surface area contributed by atoms with E-state index in [-0.39, 0.29) is 13.2 Å². The van der Waals surface area contributed by atoms with Crippen molar-refractivity contribution in [2.45, 2.75) is 25.1 Å². The van der Waals surface area contributed by atoms with Crippen LogP contribution < -0.4 is 0 Å². The van der Waals surface area contributed by atoms with E-state index in [1.807, 2.05) is 0 Å². The van der Waals surface area contributed by atoms with E-state index >= 15 is 0 Å². The van der Waals surface area contributed by atoms with Crippen LogP contribution in [-0.4, -0.2) is 54.6 Å². The molecule has 1 heterocycles. The molecule has 1 rings (SSSR count). The first-order valence-electron chi connectivity index (χ1n) is 3.87. The van der Waals surface area contributed by atoms with Gasteiger partial charge in [-0.3, -0.25) is 0 Å². The number of aliphatic hydroxyl groups excluding tert-OH is 3. The van der Waals surface area contributed by atoms with E-state index < -0.39 is 23.6 Å². The molecule has 0 aromatic carbocycles. The molecule has 0 amide bonds. The Labute approximate surface area is 72.6 Å². The van der Waals surface area contributed by atoms with E-state index in [2.05, 4.69) is 0 Å². The Bertz CT molecular complexity index is 165. The average molecular weight is 172 g/mol. The first-order chi connectivity index (χ1) is 5.56. The second kappa shape index (κ2) is 3.34. The molecule has 0 spiro atoms. The molecule has 1 saturated heterocycles. The van der Waals surface area contributed by atoms with Gasteiger partial charge in [0.2, 0.25) is 0 Å². The Hall–Kier alpha value is -0.0951. The molecular formula is C7H13BO4. The molecule has 68 valence electrons. The van der Waals surface area contributed by atoms with E-state index in [4.69, 9.17) is 22.8 Å². The highest BCUT2D eigenvalue weighted by Gasteiger charge is 2.50. The summed E-state index contributed by atoms with van der Waals surface area (Å²) in [4.78, 5) is 0. The molecule has 0 bridgehead atoms. The third-order valence-electron chi connectivity index (χ3n) is 2.55. The zero-order chi connectivity index (χ0) is 9.35. The average Bonchev–Trinajstić information content (AvgIpc) is 2.30. The standard InChI is InChI=1S/C7H13BO4/c1-7(3-10)4(2-9)12-6(8)5(7)11/h4-6,9-11H,2-3H2,1H3/t4?,5-,6+,7-/m1/s1. The highest BCUT2D eigenvalue weighted by atomic mass is 16.5. The molecule has 0 aromatic heterocycles. The van der Waals surface area contributed by atoms with Gasteiger partial charge in [0.1, 0.15) is 7.85 Å². The largest absolute Gasteiger partial charge is 0.396 e. The molecule has 5 heteroatoms. The minimum Gasteiger partial charge on any atom is -0.396 e. The molecule has 1 unspecified atom stereocenters. The maximum absolute atomic E-state index is 9.50. The normalized spacial score (nSPS) is 48.2. The predicted molar refractivity (Wildman–Crippen MR) is 42.7 cm³/mol. The fourth-order valence-electron chi connectivity index (χ4n) is 1.43. The Kier molecular flexibility index (Phi) is 2.78. The molecule has 1 fully saturated rings. The molecule has 3 N–H and O–H groups in total. The number of hydrogen-bond donors (Lipinski definition) is 3. The van der Waals surface area contributed by atoms with E-state index in [9.17, 15) is 5.11 Å². The van der Waals surface area contributed by atoms with Crippen LogP contribution in [0.5, 0.6) is 0 Å². The van der Waals surface area contributed by atoms with Crippen molar-refractivity contribution in [2.75, 3.05) is 13.2 Å². The fourth-order valence-corrected chi connectivity index (χ4v) is 1.43. The van der Waals surface area contributed by atoms with Crippen LogP contribution in [0.25, 0.3) is 0 Å². The highest BCUT2D eigenvalue weighted by molar-refractivity contribution is 6.11. The van der Waals surface area contributed by atoms with Gasteiger partial charge in [-0.1, -0.05) is 6.92 Å². The molecule has 0 saturated carbocycles. The predicted octanol–water partition coefficient (Wildman–Crippen LogP) is -1.77. The highest BCUT2D eigenvalue weighted by Crippen LogP contribution is 2.36. The lowest BCUT2D eigenvalue weighted by Crippen LogP contribution is -2.43. The first-order valence-corrected chi connectivity index (χ1v) is 3.87. The topological polar surface area (TPSA) is 69.9 Å². The summed E-state index contributed by atoms with van der Waals surface area (Å²) in [6.45, 7) is 1.13. The van der Waals surface area contributed by atoms with Crippen LogP contribution in [0, 0.1) is 5.41 Å². The summed E-state index contributed by atoms with van der Waals surface area (Å²) < 4.78 is 5.05. The van der Waals surface area contributed by atoms with Crippen molar-refractivity contribution in [1.82, 2.24) is 0 Å². The smallest absolute Gasteiger partial charge is 0.112 e. The number of aliphatic hydroxyl groups is 3. The van der Waals surface area contributed by atoms with Crippen LogP contribution >= 0.6 is 0 Å². The molecule has 12 heavy (non-hydrogen) atoms. The minimum absolute atomic E-state index is 0.248. The van der Waals surface area contributed by atoms with Gasteiger partial charge in [0.15, 0.2) is 0 Å². The van der Waals surface area contributed by atoms with E-state index in [0.29, 0.717) is 0 Å². The molecule has 1 aliphatic rings. The maximum Gasteiger partial charge on any atom is 0.112 e. The molecule has 4 nitrogen and oxygen atoms in total. The molecule has 2 radical (unpaired) electrons. The van der Waals surface area contributed by atoms with E-state index in [1.165, 1.54) is 0 Å². The van der Waals surface area contributed by atoms with Crippen LogP contribution in [0.3, 0.4) is 0 Å². The van der Waals surface area contributed by atoms with Crippen molar-refractivity contribution in [2.24, 2.45) is 5.41 Å². The monoisotopic (exact) mass is 172 g/mol. The van der Waals surface area contributed by atoms with Gasteiger partial charge in [-0.2, -0.15) is 0 Å². The third kappa shape index (κ3) is 1.27. The van der Waals surface area contributed by atoms with Gasteiger partial charge >= 0.3 is 0 Å². The zero-order valence-corrected chi connectivity index (χ0v) is 6.97. The summed E-state index contributed by atoms with van der Waals surface area (Å²) in [5.74, 6) is 0. The van der Waals surface area contributed by atoms with Gasteiger partial charge in [-0.25, -0.2) is 0 Å². The minimum atomic E-state index is -0.931. The first kappa shape index (κ1) is 9.99. The summed E-state index contributed by atoms with van der Waals surface area (Å²) in [6, 6.07) is -0.820. The molecule has 0 aliphatic carbocycles. The number of rotatable bonds is 2. The van der Waals surface area contributed by atoms with Crippen molar-refractivity contribution in [3.05, 3.63) is 0 Å². The lowest BCUT2D eigenvalue weighted by atomic mass is 9.76. The lowest BCUT2D eigenvalue weighted by Gasteiger charge is -2.29. The summed E-state index contributed by atoms with van der Waals surface area (Å²) in [5.41, 5.74) is -0.853. The Morgan fingerprint density at radius 1 is 1.50 bits per heavy atom. The Balaban J connectivity index is 2.80. The summed E-state index contributed by atoms with van der Waals surface area (Å²) in [5, 5.41) is 27.4. The number of hydrogen-bond acceptors (Lipinski definition) is 4. The third-order valence-corrected chi connectivity index (χ3v) is 2.55. The van der Waals surface area contributed by atoms with E-state index in [0.717, 1.165) is 0 Å². The second-order valence-electron chi connectivity index (χ2n) is 3.38. The van der Waals surface area contributed by atoms with Crippen molar-refractivity contribution >= 4 is 7.85 Å². The van der Waals surface area contributed by atoms with E-state index in [1.54, 1.807) is 6.92 Å².